The van der Waals surface area contributed by atoms with Crippen LogP contribution in [-0.4, -0.2) is 29.2 Å². The van der Waals surface area contributed by atoms with Crippen LogP contribution in [0.15, 0.2) is 28.7 Å². The highest BCUT2D eigenvalue weighted by molar-refractivity contribution is 5.90. The van der Waals surface area contributed by atoms with Crippen LogP contribution in [0.1, 0.15) is 37.5 Å². The topological polar surface area (TPSA) is 71.3 Å². The maximum absolute atomic E-state index is 12.0. The minimum atomic E-state index is -0.0495. The largest absolute Gasteiger partial charge is 0.426 e. The summed E-state index contributed by atoms with van der Waals surface area (Å²) in [5.41, 5.74) is 2.04. The van der Waals surface area contributed by atoms with Gasteiger partial charge in [0.25, 0.3) is 0 Å². The number of nitrogens with zero attached hydrogens (tertiary/aromatic N) is 3. The number of anilines is 2. The molecule has 1 fully saturated rings. The summed E-state index contributed by atoms with van der Waals surface area (Å²) in [6.45, 7) is 3.98. The van der Waals surface area contributed by atoms with Gasteiger partial charge in [-0.2, -0.15) is 0 Å². The Balaban J connectivity index is 1.50. The minimum absolute atomic E-state index is 0.0495. The van der Waals surface area contributed by atoms with Crippen molar-refractivity contribution in [1.82, 2.24) is 10.2 Å². The lowest BCUT2D eigenvalue weighted by Crippen LogP contribution is -2.29. The van der Waals surface area contributed by atoms with Crippen molar-refractivity contribution in [2.75, 3.05) is 23.3 Å². The highest BCUT2D eigenvalue weighted by Crippen LogP contribution is 2.21. The molecule has 6 heteroatoms. The fourth-order valence-corrected chi connectivity index (χ4v) is 2.79. The van der Waals surface area contributed by atoms with E-state index in [4.69, 9.17) is 4.42 Å². The summed E-state index contributed by atoms with van der Waals surface area (Å²) in [7, 11) is 0. The van der Waals surface area contributed by atoms with Gasteiger partial charge in [-0.3, -0.25) is 4.79 Å². The predicted octanol–water partition coefficient (Wildman–Crippen LogP) is 2.94. The Morgan fingerprint density at radius 1 is 1.17 bits per heavy atom. The highest BCUT2D eigenvalue weighted by Gasteiger charge is 2.11. The molecule has 0 aliphatic carbocycles. The van der Waals surface area contributed by atoms with Crippen LogP contribution in [0.5, 0.6) is 0 Å². The SMILES string of the molecule is Cc1nnc(CCC(=O)Nc2ccc(N3CCCCC3)cc2)o1. The third-order valence-corrected chi connectivity index (χ3v) is 4.01. The van der Waals surface area contributed by atoms with E-state index in [1.807, 2.05) is 12.1 Å². The number of hydrogen-bond acceptors (Lipinski definition) is 5. The van der Waals surface area contributed by atoms with Crippen LogP contribution in [0.25, 0.3) is 0 Å². The summed E-state index contributed by atoms with van der Waals surface area (Å²) in [5.74, 6) is 0.971. The van der Waals surface area contributed by atoms with Gasteiger partial charge in [0.1, 0.15) is 0 Å². The molecule has 0 spiro atoms. The quantitative estimate of drug-likeness (QED) is 0.918. The van der Waals surface area contributed by atoms with Gasteiger partial charge in [0, 0.05) is 44.2 Å². The van der Waals surface area contributed by atoms with E-state index in [1.54, 1.807) is 6.92 Å². The van der Waals surface area contributed by atoms with Gasteiger partial charge in [-0.1, -0.05) is 0 Å². The van der Waals surface area contributed by atoms with Gasteiger partial charge in [-0.25, -0.2) is 0 Å². The zero-order chi connectivity index (χ0) is 16.1. The number of nitrogens with one attached hydrogen (secondary N) is 1. The van der Waals surface area contributed by atoms with Crippen LogP contribution in [0.3, 0.4) is 0 Å². The molecule has 1 aliphatic heterocycles. The monoisotopic (exact) mass is 314 g/mol. The molecule has 3 rings (SSSR count). The summed E-state index contributed by atoms with van der Waals surface area (Å²) in [5, 5.41) is 10.5. The molecule has 1 N–H and O–H groups in total. The molecule has 122 valence electrons. The second kappa shape index (κ2) is 7.26. The minimum Gasteiger partial charge on any atom is -0.426 e. The number of carbonyl (C=O) groups excluding carboxylic acids is 1. The summed E-state index contributed by atoms with van der Waals surface area (Å²) in [6, 6.07) is 8.06. The molecule has 0 atom stereocenters. The highest BCUT2D eigenvalue weighted by atomic mass is 16.4. The lowest BCUT2D eigenvalue weighted by molar-refractivity contribution is -0.116. The number of hydrogen-bond donors (Lipinski definition) is 1. The van der Waals surface area contributed by atoms with Crippen molar-refractivity contribution in [2.24, 2.45) is 0 Å². The molecular weight excluding hydrogens is 292 g/mol. The van der Waals surface area contributed by atoms with E-state index in [2.05, 4.69) is 32.5 Å². The van der Waals surface area contributed by atoms with Gasteiger partial charge in [0.2, 0.25) is 17.7 Å². The Kier molecular flexibility index (Phi) is 4.90. The summed E-state index contributed by atoms with van der Waals surface area (Å²) < 4.78 is 5.26. The summed E-state index contributed by atoms with van der Waals surface area (Å²) >= 11 is 0. The number of benzene rings is 1. The van der Waals surface area contributed by atoms with Gasteiger partial charge in [-0.15, -0.1) is 10.2 Å². The van der Waals surface area contributed by atoms with E-state index >= 15 is 0 Å². The molecule has 0 saturated carbocycles. The standard InChI is InChI=1S/C17H22N4O2/c1-13-19-20-17(23-13)10-9-16(22)18-14-5-7-15(8-6-14)21-11-3-2-4-12-21/h5-8H,2-4,9-12H2,1H3,(H,18,22). The molecule has 2 heterocycles. The van der Waals surface area contributed by atoms with Crippen LogP contribution in [-0.2, 0) is 11.2 Å². The molecule has 1 amide bonds. The van der Waals surface area contributed by atoms with E-state index in [0.717, 1.165) is 18.8 Å². The Morgan fingerprint density at radius 3 is 2.57 bits per heavy atom. The zero-order valence-corrected chi connectivity index (χ0v) is 13.4. The number of rotatable bonds is 5. The lowest BCUT2D eigenvalue weighted by atomic mass is 10.1. The second-order valence-corrected chi connectivity index (χ2v) is 5.86. The first-order chi connectivity index (χ1) is 11.2. The molecule has 1 saturated heterocycles. The third kappa shape index (κ3) is 4.31. The molecule has 0 radical (unpaired) electrons. The summed E-state index contributed by atoms with van der Waals surface area (Å²) in [6.07, 6.45) is 4.62. The van der Waals surface area contributed by atoms with Crippen molar-refractivity contribution in [2.45, 2.75) is 39.0 Å². The van der Waals surface area contributed by atoms with Crippen molar-refractivity contribution >= 4 is 17.3 Å². The van der Waals surface area contributed by atoms with Crippen LogP contribution < -0.4 is 10.2 Å². The maximum Gasteiger partial charge on any atom is 0.224 e. The third-order valence-electron chi connectivity index (χ3n) is 4.01. The van der Waals surface area contributed by atoms with Gasteiger partial charge in [-0.05, 0) is 43.5 Å². The Bertz CT molecular complexity index is 645. The number of aryl methyl sites for hydroxylation is 2. The average molecular weight is 314 g/mol. The first kappa shape index (κ1) is 15.5. The predicted molar refractivity (Wildman–Crippen MR) is 88.5 cm³/mol. The average Bonchev–Trinajstić information content (AvgIpc) is 3.00. The van der Waals surface area contributed by atoms with Crippen molar-refractivity contribution < 1.29 is 9.21 Å². The van der Waals surface area contributed by atoms with Gasteiger partial charge in [0.15, 0.2) is 0 Å². The van der Waals surface area contributed by atoms with Gasteiger partial charge < -0.3 is 14.6 Å². The zero-order valence-electron chi connectivity index (χ0n) is 13.4. The first-order valence-electron chi connectivity index (χ1n) is 8.14. The number of piperidine rings is 1. The van der Waals surface area contributed by atoms with E-state index in [-0.39, 0.29) is 5.91 Å². The number of carbonyl (C=O) groups is 1. The Morgan fingerprint density at radius 2 is 1.91 bits per heavy atom. The Hall–Kier alpha value is -2.37. The molecule has 2 aromatic rings. The molecule has 6 nitrogen and oxygen atoms in total. The number of amides is 1. The van der Waals surface area contributed by atoms with Crippen LogP contribution >= 0.6 is 0 Å². The molecule has 1 aromatic heterocycles. The normalized spacial score (nSPS) is 14.7. The van der Waals surface area contributed by atoms with E-state index < -0.39 is 0 Å². The first-order valence-corrected chi connectivity index (χ1v) is 8.14. The Labute approximate surface area is 135 Å². The van der Waals surface area contributed by atoms with Crippen molar-refractivity contribution in [3.63, 3.8) is 0 Å². The molecule has 0 bridgehead atoms. The fraction of sp³-hybridized carbons (Fsp3) is 0.471. The van der Waals surface area contributed by atoms with Crippen molar-refractivity contribution in [3.05, 3.63) is 36.0 Å². The number of aromatic nitrogens is 2. The van der Waals surface area contributed by atoms with Crippen molar-refractivity contribution in [1.29, 1.82) is 0 Å². The van der Waals surface area contributed by atoms with Crippen molar-refractivity contribution in [3.8, 4) is 0 Å². The van der Waals surface area contributed by atoms with E-state index in [9.17, 15) is 4.79 Å². The molecular formula is C17H22N4O2. The van der Waals surface area contributed by atoms with Gasteiger partial charge in [0.05, 0.1) is 0 Å². The van der Waals surface area contributed by atoms with Crippen LogP contribution in [0, 0.1) is 6.92 Å². The van der Waals surface area contributed by atoms with E-state index in [0.29, 0.717) is 24.6 Å². The second-order valence-electron chi connectivity index (χ2n) is 5.86. The molecule has 23 heavy (non-hydrogen) atoms. The van der Waals surface area contributed by atoms with E-state index in [1.165, 1.54) is 24.9 Å². The molecule has 1 aromatic carbocycles. The fourth-order valence-electron chi connectivity index (χ4n) is 2.79. The van der Waals surface area contributed by atoms with Gasteiger partial charge >= 0.3 is 0 Å². The molecule has 1 aliphatic rings. The van der Waals surface area contributed by atoms with Crippen LogP contribution in [0.2, 0.25) is 0 Å². The summed E-state index contributed by atoms with van der Waals surface area (Å²) in [4.78, 5) is 14.4. The molecule has 0 unspecified atom stereocenters. The van der Waals surface area contributed by atoms with Crippen LogP contribution in [0.4, 0.5) is 11.4 Å². The maximum atomic E-state index is 12.0. The lowest BCUT2D eigenvalue weighted by Gasteiger charge is -2.28. The smallest absolute Gasteiger partial charge is 0.224 e.